The van der Waals surface area contributed by atoms with Crippen LogP contribution in [-0.2, 0) is 9.53 Å². The van der Waals surface area contributed by atoms with Crippen molar-refractivity contribution in [2.75, 3.05) is 26.7 Å². The van der Waals surface area contributed by atoms with Gasteiger partial charge in [0.1, 0.15) is 0 Å². The molecule has 0 heterocycles. The van der Waals surface area contributed by atoms with Gasteiger partial charge >= 0.3 is 5.97 Å². The molecule has 0 fully saturated rings. The molecule has 0 rings (SSSR count). The second kappa shape index (κ2) is 7.56. The molecule has 0 atom stereocenters. The third-order valence-electron chi connectivity index (χ3n) is 1.50. The number of nitrogens with zero attached hydrogens (tertiary/aromatic N) is 2. The summed E-state index contributed by atoms with van der Waals surface area (Å²) in [6.45, 7) is 2.96. The third-order valence-corrected chi connectivity index (χ3v) is 1.50. The van der Waals surface area contributed by atoms with Gasteiger partial charge in [0.15, 0.2) is 0 Å². The summed E-state index contributed by atoms with van der Waals surface area (Å²) in [6, 6.07) is 1.96. The van der Waals surface area contributed by atoms with E-state index in [2.05, 4.69) is 0 Å². The second-order valence-corrected chi connectivity index (χ2v) is 2.90. The molecular weight excluding hydrogens is 168 g/mol. The fraction of sp³-hybridized carbons (Fsp3) is 0.778. The average Bonchev–Trinajstić information content (AvgIpc) is 2.05. The lowest BCUT2D eigenvalue weighted by Crippen LogP contribution is -2.27. The molecule has 0 spiro atoms. The lowest BCUT2D eigenvalue weighted by molar-refractivity contribution is -0.144. The van der Waals surface area contributed by atoms with Gasteiger partial charge in [-0.1, -0.05) is 13.3 Å². The standard InChI is InChI=1S/C9H16N2O2/c1-3-4-7-13-9(12)8-11(2)6-5-10/h3-4,6-8H2,1-2H3. The van der Waals surface area contributed by atoms with Crippen molar-refractivity contribution in [3.8, 4) is 6.07 Å². The fourth-order valence-corrected chi connectivity index (χ4v) is 0.773. The number of rotatable bonds is 6. The molecule has 0 aromatic rings. The molecule has 0 unspecified atom stereocenters. The number of esters is 1. The van der Waals surface area contributed by atoms with E-state index in [1.807, 2.05) is 13.0 Å². The van der Waals surface area contributed by atoms with Crippen molar-refractivity contribution < 1.29 is 9.53 Å². The van der Waals surface area contributed by atoms with Crippen molar-refractivity contribution in [1.82, 2.24) is 4.90 Å². The van der Waals surface area contributed by atoms with Gasteiger partial charge in [-0.3, -0.25) is 9.69 Å². The van der Waals surface area contributed by atoms with E-state index >= 15 is 0 Å². The zero-order chi connectivity index (χ0) is 10.1. The minimum absolute atomic E-state index is 0.192. The maximum Gasteiger partial charge on any atom is 0.320 e. The quantitative estimate of drug-likeness (QED) is 0.348. The Bertz CT molecular complexity index is 187. The first-order valence-corrected chi connectivity index (χ1v) is 4.41. The molecule has 0 bridgehead atoms. The van der Waals surface area contributed by atoms with Gasteiger partial charge in [0.05, 0.1) is 25.8 Å². The maximum absolute atomic E-state index is 11.0. The molecule has 0 saturated heterocycles. The Balaban J connectivity index is 3.45. The molecule has 4 heteroatoms. The number of likely N-dealkylation sites (N-methyl/N-ethyl adjacent to an activating group) is 1. The van der Waals surface area contributed by atoms with Crippen LogP contribution in [0, 0.1) is 11.3 Å². The minimum atomic E-state index is -0.258. The first kappa shape index (κ1) is 11.9. The van der Waals surface area contributed by atoms with Crippen LogP contribution in [0.4, 0.5) is 0 Å². The summed E-state index contributed by atoms with van der Waals surface area (Å²) in [7, 11) is 1.71. The van der Waals surface area contributed by atoms with E-state index in [0.29, 0.717) is 6.61 Å². The van der Waals surface area contributed by atoms with Gasteiger partial charge in [0, 0.05) is 0 Å². The molecule has 0 saturated carbocycles. The summed E-state index contributed by atoms with van der Waals surface area (Å²) in [4.78, 5) is 12.6. The monoisotopic (exact) mass is 184 g/mol. The van der Waals surface area contributed by atoms with Gasteiger partial charge in [0.2, 0.25) is 0 Å². The van der Waals surface area contributed by atoms with Crippen molar-refractivity contribution in [1.29, 1.82) is 5.26 Å². The van der Waals surface area contributed by atoms with E-state index < -0.39 is 0 Å². The highest BCUT2D eigenvalue weighted by molar-refractivity contribution is 5.71. The van der Waals surface area contributed by atoms with Crippen molar-refractivity contribution in [3.05, 3.63) is 0 Å². The Kier molecular flexibility index (Phi) is 6.93. The predicted molar refractivity (Wildman–Crippen MR) is 49.0 cm³/mol. The van der Waals surface area contributed by atoms with E-state index in [9.17, 15) is 4.79 Å². The van der Waals surface area contributed by atoms with Gasteiger partial charge in [-0.15, -0.1) is 0 Å². The highest BCUT2D eigenvalue weighted by Gasteiger charge is 2.05. The lowest BCUT2D eigenvalue weighted by Gasteiger charge is -2.11. The number of unbranched alkanes of at least 4 members (excludes halogenated alkanes) is 1. The van der Waals surface area contributed by atoms with Crippen molar-refractivity contribution >= 4 is 5.97 Å². The Labute approximate surface area is 79.1 Å². The van der Waals surface area contributed by atoms with E-state index in [4.69, 9.17) is 10.00 Å². The van der Waals surface area contributed by atoms with Crippen LogP contribution in [0.3, 0.4) is 0 Å². The van der Waals surface area contributed by atoms with Crippen LogP contribution in [-0.4, -0.2) is 37.6 Å². The van der Waals surface area contributed by atoms with Crippen LogP contribution in [0.25, 0.3) is 0 Å². The number of carbonyl (C=O) groups is 1. The average molecular weight is 184 g/mol. The van der Waals surface area contributed by atoms with E-state index in [0.717, 1.165) is 12.8 Å². The largest absolute Gasteiger partial charge is 0.465 e. The zero-order valence-corrected chi connectivity index (χ0v) is 8.25. The smallest absolute Gasteiger partial charge is 0.320 e. The Hall–Kier alpha value is -1.08. The fourth-order valence-electron chi connectivity index (χ4n) is 0.773. The van der Waals surface area contributed by atoms with E-state index in [1.165, 1.54) is 0 Å². The number of hydrogen-bond donors (Lipinski definition) is 0. The first-order valence-electron chi connectivity index (χ1n) is 4.41. The summed E-state index contributed by atoms with van der Waals surface area (Å²) in [6.07, 6.45) is 1.91. The zero-order valence-electron chi connectivity index (χ0n) is 8.25. The molecule has 0 aliphatic carbocycles. The molecule has 0 radical (unpaired) electrons. The Morgan fingerprint density at radius 2 is 2.31 bits per heavy atom. The van der Waals surface area contributed by atoms with Crippen molar-refractivity contribution in [3.63, 3.8) is 0 Å². The molecule has 0 N–H and O–H groups in total. The van der Waals surface area contributed by atoms with Gasteiger partial charge in [-0.25, -0.2) is 0 Å². The molecule has 0 aromatic carbocycles. The summed E-state index contributed by atoms with van der Waals surface area (Å²) in [5.41, 5.74) is 0. The Morgan fingerprint density at radius 3 is 2.85 bits per heavy atom. The predicted octanol–water partition coefficient (Wildman–Crippen LogP) is 0.785. The van der Waals surface area contributed by atoms with Crippen LogP contribution >= 0.6 is 0 Å². The Morgan fingerprint density at radius 1 is 1.62 bits per heavy atom. The van der Waals surface area contributed by atoms with Crippen molar-refractivity contribution in [2.45, 2.75) is 19.8 Å². The van der Waals surface area contributed by atoms with Crippen LogP contribution < -0.4 is 0 Å². The summed E-state index contributed by atoms with van der Waals surface area (Å²) in [5.74, 6) is -0.258. The molecule has 0 aliphatic rings. The topological polar surface area (TPSA) is 53.3 Å². The molecule has 0 aliphatic heterocycles. The highest BCUT2D eigenvalue weighted by atomic mass is 16.5. The number of nitriles is 1. The van der Waals surface area contributed by atoms with Crippen LogP contribution in [0.2, 0.25) is 0 Å². The van der Waals surface area contributed by atoms with Crippen LogP contribution in [0.1, 0.15) is 19.8 Å². The molecule has 13 heavy (non-hydrogen) atoms. The maximum atomic E-state index is 11.0. The van der Waals surface area contributed by atoms with Gasteiger partial charge in [-0.05, 0) is 13.5 Å². The number of hydrogen-bond acceptors (Lipinski definition) is 4. The molecule has 0 amide bonds. The van der Waals surface area contributed by atoms with Gasteiger partial charge in [0.25, 0.3) is 0 Å². The van der Waals surface area contributed by atoms with Gasteiger partial charge < -0.3 is 4.74 Å². The van der Waals surface area contributed by atoms with Crippen LogP contribution in [0.15, 0.2) is 0 Å². The number of carbonyl (C=O) groups excluding carboxylic acids is 1. The SMILES string of the molecule is CCCCOC(=O)CN(C)CC#N. The number of ether oxygens (including phenoxy) is 1. The van der Waals surface area contributed by atoms with E-state index in [1.54, 1.807) is 11.9 Å². The third kappa shape index (κ3) is 7.29. The van der Waals surface area contributed by atoms with Crippen molar-refractivity contribution in [2.24, 2.45) is 0 Å². The molecule has 4 nitrogen and oxygen atoms in total. The van der Waals surface area contributed by atoms with E-state index in [-0.39, 0.29) is 19.1 Å². The molecular formula is C9H16N2O2. The normalized spacial score (nSPS) is 9.69. The van der Waals surface area contributed by atoms with Crippen LogP contribution in [0.5, 0.6) is 0 Å². The highest BCUT2D eigenvalue weighted by Crippen LogP contribution is 1.90. The first-order chi connectivity index (χ1) is 6.20. The summed E-state index contributed by atoms with van der Waals surface area (Å²) < 4.78 is 4.91. The second-order valence-electron chi connectivity index (χ2n) is 2.90. The molecule has 0 aromatic heterocycles. The summed E-state index contributed by atoms with van der Waals surface area (Å²) >= 11 is 0. The van der Waals surface area contributed by atoms with Gasteiger partial charge in [-0.2, -0.15) is 5.26 Å². The minimum Gasteiger partial charge on any atom is -0.465 e. The summed E-state index contributed by atoms with van der Waals surface area (Å²) in [5, 5.41) is 8.32. The lowest BCUT2D eigenvalue weighted by atomic mass is 10.4. The molecule has 74 valence electrons.